The number of hydrogen-bond acceptors (Lipinski definition) is 1. The quantitative estimate of drug-likeness (QED) is 0.640. The molecular formula is C14H18O. The highest BCUT2D eigenvalue weighted by atomic mass is 16.5. The third-order valence-corrected chi connectivity index (χ3v) is 2.25. The van der Waals surface area contributed by atoms with Crippen molar-refractivity contribution in [3.63, 3.8) is 0 Å². The Balaban J connectivity index is 2.55. The number of hydrogen-bond donors (Lipinski definition) is 0. The Hall–Kier alpha value is -1.50. The van der Waals surface area contributed by atoms with Crippen LogP contribution in [0, 0.1) is 5.92 Å². The Morgan fingerprint density at radius 3 is 2.47 bits per heavy atom. The Kier molecular flexibility index (Phi) is 4.69. The first-order valence-corrected chi connectivity index (χ1v) is 5.21. The molecule has 0 aliphatic rings. The molecular weight excluding hydrogens is 184 g/mol. The zero-order chi connectivity index (χ0) is 11.1. The van der Waals surface area contributed by atoms with Crippen molar-refractivity contribution in [2.24, 2.45) is 5.92 Å². The normalized spacial score (nSPS) is 11.8. The lowest BCUT2D eigenvalue weighted by Gasteiger charge is -2.07. The van der Waals surface area contributed by atoms with Crippen molar-refractivity contribution in [1.29, 1.82) is 0 Å². The summed E-state index contributed by atoms with van der Waals surface area (Å²) in [7, 11) is 0. The van der Waals surface area contributed by atoms with E-state index in [-0.39, 0.29) is 0 Å². The highest BCUT2D eigenvalue weighted by Crippen LogP contribution is 2.15. The Labute approximate surface area is 92.1 Å². The summed E-state index contributed by atoms with van der Waals surface area (Å²) in [6, 6.07) is 8.18. The van der Waals surface area contributed by atoms with E-state index in [1.807, 2.05) is 18.2 Å². The molecule has 0 bridgehead atoms. The zero-order valence-electron chi connectivity index (χ0n) is 9.28. The highest BCUT2D eigenvalue weighted by molar-refractivity contribution is 5.27. The standard InChI is InChI=1S/C14H18O/c1-4-10-15-14-8-6-13(7-9-14)11-12(3)5-2/h4-9,12H,1-2,10-11H2,3H3. The molecule has 0 N–H and O–H groups in total. The van der Waals surface area contributed by atoms with Gasteiger partial charge in [0.25, 0.3) is 0 Å². The molecule has 0 amide bonds. The number of ether oxygens (including phenoxy) is 1. The van der Waals surface area contributed by atoms with Gasteiger partial charge in [-0.2, -0.15) is 0 Å². The number of rotatable bonds is 6. The second-order valence-corrected chi connectivity index (χ2v) is 3.66. The summed E-state index contributed by atoms with van der Waals surface area (Å²) in [6.07, 6.45) is 4.75. The molecule has 0 aromatic heterocycles. The molecule has 15 heavy (non-hydrogen) atoms. The van der Waals surface area contributed by atoms with Crippen LogP contribution in [0.1, 0.15) is 12.5 Å². The van der Waals surface area contributed by atoms with Crippen LogP contribution in [0.15, 0.2) is 49.6 Å². The van der Waals surface area contributed by atoms with Crippen molar-refractivity contribution in [3.8, 4) is 5.75 Å². The average Bonchev–Trinajstić information content (AvgIpc) is 2.28. The van der Waals surface area contributed by atoms with Gasteiger partial charge in [0.2, 0.25) is 0 Å². The fourth-order valence-electron chi connectivity index (χ4n) is 1.33. The SMILES string of the molecule is C=CCOc1ccc(CC(C)C=C)cc1. The van der Waals surface area contributed by atoms with E-state index in [2.05, 4.69) is 32.2 Å². The van der Waals surface area contributed by atoms with Crippen LogP contribution in [-0.2, 0) is 6.42 Å². The third kappa shape index (κ3) is 4.03. The minimum atomic E-state index is 0.518. The van der Waals surface area contributed by atoms with Crippen molar-refractivity contribution < 1.29 is 4.74 Å². The molecule has 0 radical (unpaired) electrons. The van der Waals surface area contributed by atoms with Crippen LogP contribution in [0.4, 0.5) is 0 Å². The number of allylic oxidation sites excluding steroid dienone is 1. The first-order valence-electron chi connectivity index (χ1n) is 5.21. The largest absolute Gasteiger partial charge is 0.490 e. The fraction of sp³-hybridized carbons (Fsp3) is 0.286. The minimum absolute atomic E-state index is 0.518. The lowest BCUT2D eigenvalue weighted by atomic mass is 10.0. The van der Waals surface area contributed by atoms with E-state index in [1.165, 1.54) is 5.56 Å². The van der Waals surface area contributed by atoms with E-state index in [1.54, 1.807) is 6.08 Å². The lowest BCUT2D eigenvalue weighted by Crippen LogP contribution is -1.96. The van der Waals surface area contributed by atoms with Gasteiger partial charge in [0.1, 0.15) is 12.4 Å². The van der Waals surface area contributed by atoms with Gasteiger partial charge >= 0.3 is 0 Å². The molecule has 80 valence electrons. The summed E-state index contributed by atoms with van der Waals surface area (Å²) in [4.78, 5) is 0. The second kappa shape index (κ2) is 6.07. The molecule has 0 fully saturated rings. The maximum absolute atomic E-state index is 5.40. The van der Waals surface area contributed by atoms with Crippen LogP contribution in [0.2, 0.25) is 0 Å². The molecule has 0 saturated carbocycles. The predicted octanol–water partition coefficient (Wildman–Crippen LogP) is 3.62. The molecule has 0 heterocycles. The maximum atomic E-state index is 5.40. The van der Waals surface area contributed by atoms with Gasteiger partial charge in [0.15, 0.2) is 0 Å². The topological polar surface area (TPSA) is 9.23 Å². The van der Waals surface area contributed by atoms with E-state index < -0.39 is 0 Å². The monoisotopic (exact) mass is 202 g/mol. The van der Waals surface area contributed by atoms with Gasteiger partial charge in [0.05, 0.1) is 0 Å². The smallest absolute Gasteiger partial charge is 0.119 e. The van der Waals surface area contributed by atoms with Crippen LogP contribution in [0.25, 0.3) is 0 Å². The molecule has 0 aliphatic carbocycles. The van der Waals surface area contributed by atoms with Crippen molar-refractivity contribution in [2.75, 3.05) is 6.61 Å². The third-order valence-electron chi connectivity index (χ3n) is 2.25. The summed E-state index contributed by atoms with van der Waals surface area (Å²) in [5.74, 6) is 1.41. The molecule has 0 saturated heterocycles. The summed E-state index contributed by atoms with van der Waals surface area (Å²) in [5.41, 5.74) is 1.31. The zero-order valence-corrected chi connectivity index (χ0v) is 9.28. The summed E-state index contributed by atoms with van der Waals surface area (Å²) in [5, 5.41) is 0. The van der Waals surface area contributed by atoms with Gasteiger partial charge < -0.3 is 4.74 Å². The molecule has 1 nitrogen and oxygen atoms in total. The second-order valence-electron chi connectivity index (χ2n) is 3.66. The molecule has 1 aromatic carbocycles. The lowest BCUT2D eigenvalue weighted by molar-refractivity contribution is 0.363. The molecule has 0 aliphatic heterocycles. The molecule has 1 aromatic rings. The van der Waals surface area contributed by atoms with Crippen molar-refractivity contribution in [2.45, 2.75) is 13.3 Å². The predicted molar refractivity (Wildman–Crippen MR) is 65.2 cm³/mol. The Morgan fingerprint density at radius 1 is 1.27 bits per heavy atom. The maximum Gasteiger partial charge on any atom is 0.119 e. The van der Waals surface area contributed by atoms with Gasteiger partial charge in [-0.3, -0.25) is 0 Å². The first-order chi connectivity index (χ1) is 7.26. The van der Waals surface area contributed by atoms with Gasteiger partial charge in [-0.1, -0.05) is 37.8 Å². The van der Waals surface area contributed by atoms with Crippen LogP contribution in [-0.4, -0.2) is 6.61 Å². The van der Waals surface area contributed by atoms with Gasteiger partial charge in [-0.15, -0.1) is 6.58 Å². The molecule has 1 unspecified atom stereocenters. The van der Waals surface area contributed by atoms with Gasteiger partial charge in [-0.25, -0.2) is 0 Å². The average molecular weight is 202 g/mol. The van der Waals surface area contributed by atoms with E-state index in [0.29, 0.717) is 12.5 Å². The van der Waals surface area contributed by atoms with E-state index in [4.69, 9.17) is 4.74 Å². The molecule has 0 spiro atoms. The Bertz CT molecular complexity index is 311. The van der Waals surface area contributed by atoms with Crippen molar-refractivity contribution >= 4 is 0 Å². The summed E-state index contributed by atoms with van der Waals surface area (Å²) in [6.45, 7) is 10.1. The first kappa shape index (κ1) is 11.6. The Morgan fingerprint density at radius 2 is 1.93 bits per heavy atom. The molecule has 1 heteroatoms. The van der Waals surface area contributed by atoms with Crippen molar-refractivity contribution in [1.82, 2.24) is 0 Å². The summed E-state index contributed by atoms with van der Waals surface area (Å²) >= 11 is 0. The van der Waals surface area contributed by atoms with E-state index >= 15 is 0 Å². The van der Waals surface area contributed by atoms with E-state index in [9.17, 15) is 0 Å². The summed E-state index contributed by atoms with van der Waals surface area (Å²) < 4.78 is 5.40. The van der Waals surface area contributed by atoms with Gasteiger partial charge in [-0.05, 0) is 30.0 Å². The number of benzene rings is 1. The van der Waals surface area contributed by atoms with E-state index in [0.717, 1.165) is 12.2 Å². The minimum Gasteiger partial charge on any atom is -0.490 e. The molecule has 1 rings (SSSR count). The van der Waals surface area contributed by atoms with Crippen LogP contribution in [0.5, 0.6) is 5.75 Å². The van der Waals surface area contributed by atoms with Crippen molar-refractivity contribution in [3.05, 3.63) is 55.1 Å². The highest BCUT2D eigenvalue weighted by Gasteiger charge is 1.99. The fourth-order valence-corrected chi connectivity index (χ4v) is 1.33. The van der Waals surface area contributed by atoms with Crippen LogP contribution in [0.3, 0.4) is 0 Å². The molecule has 1 atom stereocenters. The van der Waals surface area contributed by atoms with Crippen LogP contribution >= 0.6 is 0 Å². The van der Waals surface area contributed by atoms with Crippen LogP contribution < -0.4 is 4.74 Å². The van der Waals surface area contributed by atoms with Gasteiger partial charge in [0, 0.05) is 0 Å².